The van der Waals surface area contributed by atoms with E-state index in [9.17, 15) is 0 Å². The number of ether oxygens (including phenoxy) is 1. The minimum absolute atomic E-state index is 0.788. The van der Waals surface area contributed by atoms with Crippen molar-refractivity contribution in [3.8, 4) is 5.75 Å². The fourth-order valence-electron chi connectivity index (χ4n) is 1.97. The van der Waals surface area contributed by atoms with Crippen LogP contribution in [0.3, 0.4) is 0 Å². The Hall–Kier alpha value is -1.02. The molecule has 0 heterocycles. The van der Waals surface area contributed by atoms with Gasteiger partial charge >= 0.3 is 0 Å². The lowest BCUT2D eigenvalue weighted by atomic mass is 10.1. The summed E-state index contributed by atoms with van der Waals surface area (Å²) in [5.74, 6) is 1.72. The normalized spacial score (nSPS) is 12.4. The van der Waals surface area contributed by atoms with Crippen LogP contribution in [0.25, 0.3) is 0 Å². The van der Waals surface area contributed by atoms with Crippen LogP contribution in [-0.4, -0.2) is 20.2 Å². The van der Waals surface area contributed by atoms with Gasteiger partial charge in [0.15, 0.2) is 0 Å². The molecule has 0 fully saturated rings. The molecule has 0 aliphatic heterocycles. The Labute approximate surface area is 105 Å². The molecule has 2 nitrogen and oxygen atoms in total. The highest BCUT2D eigenvalue weighted by Gasteiger charge is 1.99. The van der Waals surface area contributed by atoms with Gasteiger partial charge in [0.1, 0.15) is 5.75 Å². The van der Waals surface area contributed by atoms with E-state index in [1.165, 1.54) is 18.4 Å². The smallest absolute Gasteiger partial charge is 0.118 e. The molecule has 0 radical (unpaired) electrons. The largest absolute Gasteiger partial charge is 0.497 e. The average Bonchev–Trinajstić information content (AvgIpc) is 2.36. The predicted molar refractivity (Wildman–Crippen MR) is 73.6 cm³/mol. The molecule has 1 aromatic rings. The molecule has 1 rings (SSSR count). The molecule has 0 spiro atoms. The summed E-state index contributed by atoms with van der Waals surface area (Å²) in [6, 6.07) is 8.32. The Kier molecular flexibility index (Phi) is 6.71. The zero-order valence-electron chi connectivity index (χ0n) is 11.3. The van der Waals surface area contributed by atoms with Crippen molar-refractivity contribution in [3.05, 3.63) is 29.8 Å². The summed E-state index contributed by atoms with van der Waals surface area (Å²) in [6.07, 6.45) is 3.68. The van der Waals surface area contributed by atoms with E-state index in [0.717, 1.165) is 31.2 Å². The highest BCUT2D eigenvalue weighted by atomic mass is 16.5. The van der Waals surface area contributed by atoms with Gasteiger partial charge in [-0.3, -0.25) is 0 Å². The molecule has 96 valence electrons. The highest BCUT2D eigenvalue weighted by Crippen LogP contribution is 2.11. The van der Waals surface area contributed by atoms with Crippen molar-refractivity contribution in [2.45, 2.75) is 33.1 Å². The van der Waals surface area contributed by atoms with Crippen LogP contribution in [0.4, 0.5) is 0 Å². The summed E-state index contributed by atoms with van der Waals surface area (Å²) in [6.45, 7) is 6.74. The fraction of sp³-hybridized carbons (Fsp3) is 0.600. The van der Waals surface area contributed by atoms with Gasteiger partial charge in [0.2, 0.25) is 0 Å². The number of hydrogen-bond acceptors (Lipinski definition) is 2. The molecule has 1 unspecified atom stereocenters. The molecule has 1 atom stereocenters. The van der Waals surface area contributed by atoms with Gasteiger partial charge in [-0.15, -0.1) is 0 Å². The molecular weight excluding hydrogens is 210 g/mol. The molecule has 0 aromatic heterocycles. The Morgan fingerprint density at radius 2 is 1.94 bits per heavy atom. The molecule has 1 N–H and O–H groups in total. The summed E-state index contributed by atoms with van der Waals surface area (Å²) in [4.78, 5) is 0. The summed E-state index contributed by atoms with van der Waals surface area (Å²) in [5, 5.41) is 3.52. The third-order valence-electron chi connectivity index (χ3n) is 3.02. The monoisotopic (exact) mass is 235 g/mol. The number of rotatable bonds is 8. The third-order valence-corrected chi connectivity index (χ3v) is 3.02. The fourth-order valence-corrected chi connectivity index (χ4v) is 1.97. The van der Waals surface area contributed by atoms with Crippen LogP contribution in [0.2, 0.25) is 0 Å². The summed E-state index contributed by atoms with van der Waals surface area (Å²) in [7, 11) is 1.70. The number of hydrogen-bond donors (Lipinski definition) is 1. The molecule has 0 saturated heterocycles. The molecule has 0 bridgehead atoms. The van der Waals surface area contributed by atoms with Crippen molar-refractivity contribution in [1.29, 1.82) is 0 Å². The van der Waals surface area contributed by atoms with Gasteiger partial charge < -0.3 is 10.1 Å². The van der Waals surface area contributed by atoms with E-state index < -0.39 is 0 Å². The van der Waals surface area contributed by atoms with Crippen LogP contribution in [-0.2, 0) is 6.42 Å². The Bertz CT molecular complexity index is 294. The SMILES string of the molecule is CCCC(C)CNCCc1ccc(OC)cc1. The maximum Gasteiger partial charge on any atom is 0.118 e. The van der Waals surface area contributed by atoms with Gasteiger partial charge in [0.25, 0.3) is 0 Å². The molecule has 2 heteroatoms. The minimum Gasteiger partial charge on any atom is -0.497 e. The Morgan fingerprint density at radius 1 is 1.24 bits per heavy atom. The Balaban J connectivity index is 2.17. The van der Waals surface area contributed by atoms with Crippen LogP contribution in [0.15, 0.2) is 24.3 Å². The minimum atomic E-state index is 0.788. The van der Waals surface area contributed by atoms with Crippen molar-refractivity contribution in [1.82, 2.24) is 5.32 Å². The van der Waals surface area contributed by atoms with E-state index in [0.29, 0.717) is 0 Å². The van der Waals surface area contributed by atoms with Crippen molar-refractivity contribution in [2.24, 2.45) is 5.92 Å². The molecule has 0 saturated carbocycles. The molecule has 17 heavy (non-hydrogen) atoms. The lowest BCUT2D eigenvalue weighted by Crippen LogP contribution is -2.23. The van der Waals surface area contributed by atoms with E-state index in [-0.39, 0.29) is 0 Å². The van der Waals surface area contributed by atoms with E-state index in [1.807, 2.05) is 12.1 Å². The van der Waals surface area contributed by atoms with Crippen LogP contribution in [0.5, 0.6) is 5.75 Å². The van der Waals surface area contributed by atoms with E-state index >= 15 is 0 Å². The Morgan fingerprint density at radius 3 is 2.53 bits per heavy atom. The van der Waals surface area contributed by atoms with Gasteiger partial charge in [0.05, 0.1) is 7.11 Å². The van der Waals surface area contributed by atoms with Gasteiger partial charge in [-0.25, -0.2) is 0 Å². The lowest BCUT2D eigenvalue weighted by Gasteiger charge is -2.11. The van der Waals surface area contributed by atoms with Crippen LogP contribution in [0.1, 0.15) is 32.3 Å². The first-order valence-electron chi connectivity index (χ1n) is 6.60. The first kappa shape index (κ1) is 14.0. The first-order chi connectivity index (χ1) is 8.26. The van der Waals surface area contributed by atoms with E-state index in [4.69, 9.17) is 4.74 Å². The molecule has 0 aliphatic rings. The first-order valence-corrected chi connectivity index (χ1v) is 6.60. The zero-order chi connectivity index (χ0) is 12.5. The number of benzene rings is 1. The van der Waals surface area contributed by atoms with Gasteiger partial charge in [-0.05, 0) is 49.5 Å². The molecule has 0 amide bonds. The third kappa shape index (κ3) is 5.73. The summed E-state index contributed by atoms with van der Waals surface area (Å²) in [5.41, 5.74) is 1.36. The predicted octanol–water partition coefficient (Wildman–Crippen LogP) is 3.26. The van der Waals surface area contributed by atoms with Crippen LogP contribution < -0.4 is 10.1 Å². The highest BCUT2D eigenvalue weighted by molar-refractivity contribution is 5.27. The summed E-state index contributed by atoms with van der Waals surface area (Å²) < 4.78 is 5.14. The molecular formula is C15H25NO. The van der Waals surface area contributed by atoms with E-state index in [1.54, 1.807) is 7.11 Å². The van der Waals surface area contributed by atoms with Crippen molar-refractivity contribution >= 4 is 0 Å². The quantitative estimate of drug-likeness (QED) is 0.698. The second-order valence-electron chi connectivity index (χ2n) is 4.70. The maximum atomic E-state index is 5.14. The molecule has 1 aromatic carbocycles. The van der Waals surface area contributed by atoms with Crippen molar-refractivity contribution in [2.75, 3.05) is 20.2 Å². The van der Waals surface area contributed by atoms with E-state index in [2.05, 4.69) is 31.3 Å². The van der Waals surface area contributed by atoms with Crippen molar-refractivity contribution < 1.29 is 4.74 Å². The topological polar surface area (TPSA) is 21.3 Å². The maximum absolute atomic E-state index is 5.14. The average molecular weight is 235 g/mol. The molecule has 0 aliphatic carbocycles. The standard InChI is InChI=1S/C15H25NO/c1-4-5-13(2)12-16-11-10-14-6-8-15(17-3)9-7-14/h6-9,13,16H,4-5,10-12H2,1-3H3. The summed E-state index contributed by atoms with van der Waals surface area (Å²) >= 11 is 0. The second-order valence-corrected chi connectivity index (χ2v) is 4.70. The number of methoxy groups -OCH3 is 1. The van der Waals surface area contributed by atoms with Gasteiger partial charge in [-0.1, -0.05) is 32.4 Å². The zero-order valence-corrected chi connectivity index (χ0v) is 11.3. The number of nitrogens with one attached hydrogen (secondary N) is 1. The lowest BCUT2D eigenvalue weighted by molar-refractivity contribution is 0.414. The van der Waals surface area contributed by atoms with Gasteiger partial charge in [-0.2, -0.15) is 0 Å². The van der Waals surface area contributed by atoms with Crippen molar-refractivity contribution in [3.63, 3.8) is 0 Å². The second kappa shape index (κ2) is 8.13. The van der Waals surface area contributed by atoms with Crippen LogP contribution >= 0.6 is 0 Å². The van der Waals surface area contributed by atoms with Gasteiger partial charge in [0, 0.05) is 0 Å². The van der Waals surface area contributed by atoms with Crippen LogP contribution in [0, 0.1) is 5.92 Å².